The molecule has 2 atom stereocenters. The molecule has 2 N–H and O–H groups in total. The van der Waals surface area contributed by atoms with E-state index in [9.17, 15) is 14.7 Å². The Labute approximate surface area is 121 Å². The lowest BCUT2D eigenvalue weighted by Crippen LogP contribution is -2.48. The van der Waals surface area contributed by atoms with Crippen LogP contribution in [0.1, 0.15) is 33.6 Å². The van der Waals surface area contributed by atoms with Gasteiger partial charge in [0, 0.05) is 22.8 Å². The molecule has 1 fully saturated rings. The zero-order chi connectivity index (χ0) is 14.7. The number of hydrogen-bond acceptors (Lipinski definition) is 4. The van der Waals surface area contributed by atoms with Gasteiger partial charge in [0.25, 0.3) is 5.91 Å². The third kappa shape index (κ3) is 3.19. The molecule has 2 unspecified atom stereocenters. The van der Waals surface area contributed by atoms with Crippen LogP contribution in [0.3, 0.4) is 0 Å². The maximum atomic E-state index is 12.2. The van der Waals surface area contributed by atoms with Crippen LogP contribution in [0.15, 0.2) is 5.38 Å². The van der Waals surface area contributed by atoms with Crippen molar-refractivity contribution >= 4 is 23.2 Å². The number of carboxylic acids is 1. The van der Waals surface area contributed by atoms with Gasteiger partial charge >= 0.3 is 5.97 Å². The summed E-state index contributed by atoms with van der Waals surface area (Å²) in [6, 6.07) is -0.887. The Balaban J connectivity index is 2.09. The van der Waals surface area contributed by atoms with E-state index in [0.717, 1.165) is 23.3 Å². The molecular formula is C14H19NO4S. The summed E-state index contributed by atoms with van der Waals surface area (Å²) >= 11 is 1.50. The molecule has 1 aromatic heterocycles. The van der Waals surface area contributed by atoms with E-state index in [-0.39, 0.29) is 11.8 Å². The molecule has 0 radical (unpaired) electrons. The minimum absolute atomic E-state index is 0.162. The van der Waals surface area contributed by atoms with Crippen LogP contribution in [0, 0.1) is 19.8 Å². The average molecular weight is 297 g/mol. The van der Waals surface area contributed by atoms with E-state index in [1.165, 1.54) is 11.3 Å². The SMILES string of the molecule is Cc1scc(C(=O)NC(C(=O)O)C2CCCOC2)c1C. The molecular weight excluding hydrogens is 278 g/mol. The predicted octanol–water partition coefficient (Wildman–Crippen LogP) is 1.97. The second-order valence-corrected chi connectivity index (χ2v) is 6.18. The van der Waals surface area contributed by atoms with E-state index >= 15 is 0 Å². The van der Waals surface area contributed by atoms with Gasteiger partial charge in [0.15, 0.2) is 0 Å². The monoisotopic (exact) mass is 297 g/mol. The number of thiophene rings is 1. The van der Waals surface area contributed by atoms with Gasteiger partial charge in [-0.1, -0.05) is 0 Å². The first-order valence-corrected chi connectivity index (χ1v) is 7.54. The van der Waals surface area contributed by atoms with Gasteiger partial charge in [0.2, 0.25) is 0 Å². The molecule has 2 rings (SSSR count). The van der Waals surface area contributed by atoms with Gasteiger partial charge in [-0.3, -0.25) is 4.79 Å². The summed E-state index contributed by atoms with van der Waals surface area (Å²) in [5.41, 5.74) is 1.48. The standard InChI is InChI=1S/C14H19NO4S/c1-8-9(2)20-7-11(8)13(16)15-12(14(17)18)10-4-3-5-19-6-10/h7,10,12H,3-6H2,1-2H3,(H,15,16)(H,17,18). The van der Waals surface area contributed by atoms with Gasteiger partial charge in [-0.25, -0.2) is 4.79 Å². The van der Waals surface area contributed by atoms with Crippen LogP contribution in [0.25, 0.3) is 0 Å². The van der Waals surface area contributed by atoms with Crippen LogP contribution >= 0.6 is 11.3 Å². The fourth-order valence-corrected chi connectivity index (χ4v) is 3.23. The minimum atomic E-state index is -1.00. The van der Waals surface area contributed by atoms with Crippen molar-refractivity contribution < 1.29 is 19.4 Å². The van der Waals surface area contributed by atoms with Crippen molar-refractivity contribution in [1.82, 2.24) is 5.32 Å². The van der Waals surface area contributed by atoms with Crippen LogP contribution < -0.4 is 5.32 Å². The fraction of sp³-hybridized carbons (Fsp3) is 0.571. The zero-order valence-electron chi connectivity index (χ0n) is 11.6. The Morgan fingerprint density at radius 3 is 2.75 bits per heavy atom. The van der Waals surface area contributed by atoms with E-state index in [2.05, 4.69) is 5.32 Å². The van der Waals surface area contributed by atoms with E-state index < -0.39 is 12.0 Å². The Morgan fingerprint density at radius 2 is 2.25 bits per heavy atom. The number of rotatable bonds is 4. The number of carbonyl (C=O) groups excluding carboxylic acids is 1. The summed E-state index contributed by atoms with van der Waals surface area (Å²) in [6.45, 7) is 4.87. The van der Waals surface area contributed by atoms with Crippen LogP contribution in [0.5, 0.6) is 0 Å². The molecule has 1 aromatic rings. The first kappa shape index (κ1) is 15.0. The predicted molar refractivity (Wildman–Crippen MR) is 76.2 cm³/mol. The van der Waals surface area contributed by atoms with Crippen LogP contribution in [0.2, 0.25) is 0 Å². The third-order valence-electron chi connectivity index (χ3n) is 3.75. The van der Waals surface area contributed by atoms with Crippen molar-refractivity contribution in [3.05, 3.63) is 21.4 Å². The Bertz CT molecular complexity index is 505. The topological polar surface area (TPSA) is 75.6 Å². The summed E-state index contributed by atoms with van der Waals surface area (Å²) in [5, 5.41) is 13.7. The number of carboxylic acid groups (broad SMARTS) is 1. The molecule has 0 bridgehead atoms. The van der Waals surface area contributed by atoms with Gasteiger partial charge in [0.05, 0.1) is 12.2 Å². The Hall–Kier alpha value is -1.40. The van der Waals surface area contributed by atoms with Crippen molar-refractivity contribution in [2.75, 3.05) is 13.2 Å². The summed E-state index contributed by atoms with van der Waals surface area (Å²) in [7, 11) is 0. The lowest BCUT2D eigenvalue weighted by molar-refractivity contribution is -0.142. The zero-order valence-corrected chi connectivity index (χ0v) is 12.5. The van der Waals surface area contributed by atoms with Crippen molar-refractivity contribution in [1.29, 1.82) is 0 Å². The van der Waals surface area contributed by atoms with E-state index in [4.69, 9.17) is 4.74 Å². The van der Waals surface area contributed by atoms with Crippen molar-refractivity contribution in [2.45, 2.75) is 32.7 Å². The lowest BCUT2D eigenvalue weighted by Gasteiger charge is -2.28. The molecule has 20 heavy (non-hydrogen) atoms. The van der Waals surface area contributed by atoms with Gasteiger partial charge in [-0.15, -0.1) is 11.3 Å². The van der Waals surface area contributed by atoms with Gasteiger partial charge in [0.1, 0.15) is 6.04 Å². The molecule has 0 aliphatic carbocycles. The maximum absolute atomic E-state index is 12.2. The van der Waals surface area contributed by atoms with Gasteiger partial charge < -0.3 is 15.2 Å². The molecule has 1 saturated heterocycles. The molecule has 0 spiro atoms. The molecule has 0 saturated carbocycles. The Kier molecular flexibility index (Phi) is 4.77. The number of carbonyl (C=O) groups is 2. The van der Waals surface area contributed by atoms with Gasteiger partial charge in [-0.05, 0) is 32.3 Å². The van der Waals surface area contributed by atoms with Crippen molar-refractivity contribution in [3.8, 4) is 0 Å². The average Bonchev–Trinajstić information content (AvgIpc) is 2.77. The number of aliphatic carboxylic acids is 1. The van der Waals surface area contributed by atoms with Gasteiger partial charge in [-0.2, -0.15) is 0 Å². The van der Waals surface area contributed by atoms with Crippen LogP contribution in [0.4, 0.5) is 0 Å². The third-order valence-corrected chi connectivity index (χ3v) is 4.76. The van der Waals surface area contributed by atoms with E-state index in [1.54, 1.807) is 5.38 Å². The number of hydrogen-bond donors (Lipinski definition) is 2. The van der Waals surface area contributed by atoms with Crippen molar-refractivity contribution in [2.24, 2.45) is 5.92 Å². The minimum Gasteiger partial charge on any atom is -0.480 e. The highest BCUT2D eigenvalue weighted by atomic mass is 32.1. The molecule has 2 heterocycles. The second kappa shape index (κ2) is 6.37. The highest BCUT2D eigenvalue weighted by Crippen LogP contribution is 2.22. The van der Waals surface area contributed by atoms with E-state index in [1.807, 2.05) is 13.8 Å². The molecule has 5 nitrogen and oxygen atoms in total. The quantitative estimate of drug-likeness (QED) is 0.891. The fourth-order valence-electron chi connectivity index (χ4n) is 2.37. The largest absolute Gasteiger partial charge is 0.480 e. The molecule has 0 aromatic carbocycles. The smallest absolute Gasteiger partial charge is 0.326 e. The van der Waals surface area contributed by atoms with E-state index in [0.29, 0.717) is 18.8 Å². The normalized spacial score (nSPS) is 20.4. The summed E-state index contributed by atoms with van der Waals surface area (Å²) in [5.74, 6) is -1.48. The lowest BCUT2D eigenvalue weighted by atomic mass is 9.93. The number of aryl methyl sites for hydroxylation is 1. The number of nitrogens with one attached hydrogen (secondary N) is 1. The molecule has 6 heteroatoms. The Morgan fingerprint density at radius 1 is 1.50 bits per heavy atom. The summed E-state index contributed by atoms with van der Waals surface area (Å²) in [4.78, 5) is 24.7. The summed E-state index contributed by atoms with van der Waals surface area (Å²) < 4.78 is 5.32. The molecule has 1 amide bonds. The number of amides is 1. The molecule has 1 aliphatic heterocycles. The highest BCUT2D eigenvalue weighted by molar-refractivity contribution is 7.10. The first-order valence-electron chi connectivity index (χ1n) is 6.66. The first-order chi connectivity index (χ1) is 9.50. The van der Waals surface area contributed by atoms with Crippen molar-refractivity contribution in [3.63, 3.8) is 0 Å². The molecule has 110 valence electrons. The summed E-state index contributed by atoms with van der Waals surface area (Å²) in [6.07, 6.45) is 1.60. The highest BCUT2D eigenvalue weighted by Gasteiger charge is 2.32. The molecule has 1 aliphatic rings. The van der Waals surface area contributed by atoms with Crippen LogP contribution in [-0.2, 0) is 9.53 Å². The van der Waals surface area contributed by atoms with Crippen LogP contribution in [-0.4, -0.2) is 36.2 Å². The number of ether oxygens (including phenoxy) is 1. The maximum Gasteiger partial charge on any atom is 0.326 e. The second-order valence-electron chi connectivity index (χ2n) is 5.10.